The number of carbonyl (C=O) groups excluding carboxylic acids is 1. The average molecular weight is 345 g/mol. The summed E-state index contributed by atoms with van der Waals surface area (Å²) < 4.78 is 1.81. The number of nitro groups is 1. The molecule has 0 radical (unpaired) electrons. The van der Waals surface area contributed by atoms with Crippen molar-refractivity contribution in [1.29, 1.82) is 0 Å². The largest absolute Gasteiger partial charge is 0.289 e. The fraction of sp³-hybridized carbons (Fsp3) is 0.0476. The Labute approximate surface area is 151 Å². The fourth-order valence-corrected chi connectivity index (χ4v) is 2.51. The predicted molar refractivity (Wildman–Crippen MR) is 98.6 cm³/mol. The maximum absolute atomic E-state index is 12.1. The zero-order valence-electron chi connectivity index (χ0n) is 14.0. The van der Waals surface area contributed by atoms with E-state index in [1.807, 2.05) is 42.7 Å². The smallest absolute Gasteiger partial charge is 0.269 e. The number of aromatic nitrogens is 1. The summed E-state index contributed by atoms with van der Waals surface area (Å²) in [6.07, 6.45) is 7.67. The van der Waals surface area contributed by atoms with Gasteiger partial charge in [0, 0.05) is 29.8 Å². The molecule has 0 spiro atoms. The quantitative estimate of drug-likeness (QED) is 0.224. The normalized spacial score (nSPS) is 10.8. The summed E-state index contributed by atoms with van der Waals surface area (Å²) in [5, 5.41) is 10.7. The van der Waals surface area contributed by atoms with Crippen LogP contribution in [0.2, 0.25) is 0 Å². The first-order valence-corrected chi connectivity index (χ1v) is 8.12. The minimum absolute atomic E-state index is 0.0481. The van der Waals surface area contributed by atoms with E-state index >= 15 is 0 Å². The molecule has 0 amide bonds. The second-order valence-electron chi connectivity index (χ2n) is 5.80. The highest BCUT2D eigenvalue weighted by Gasteiger charge is 2.06. The minimum Gasteiger partial charge on any atom is -0.289 e. The van der Waals surface area contributed by atoms with Crippen LogP contribution in [0.3, 0.4) is 0 Å². The molecule has 0 aliphatic rings. The number of pyridine rings is 1. The molecule has 0 bridgehead atoms. The number of rotatable bonds is 6. The third kappa shape index (κ3) is 4.48. The molecule has 0 saturated carbocycles. The Hall–Kier alpha value is -3.60. The van der Waals surface area contributed by atoms with E-state index < -0.39 is 4.92 Å². The second-order valence-corrected chi connectivity index (χ2v) is 5.80. The minimum atomic E-state index is -0.404. The van der Waals surface area contributed by atoms with Crippen molar-refractivity contribution in [3.8, 4) is 0 Å². The van der Waals surface area contributed by atoms with Gasteiger partial charge in [0.2, 0.25) is 0 Å². The van der Waals surface area contributed by atoms with Crippen LogP contribution in [0.1, 0.15) is 21.5 Å². The van der Waals surface area contributed by atoms with E-state index in [9.17, 15) is 14.9 Å². The topological polar surface area (TPSA) is 64.1 Å². The van der Waals surface area contributed by atoms with Crippen molar-refractivity contribution in [2.24, 2.45) is 0 Å². The van der Waals surface area contributed by atoms with Gasteiger partial charge in [-0.2, -0.15) is 4.57 Å². The fourth-order valence-electron chi connectivity index (χ4n) is 2.51. The molecule has 5 nitrogen and oxygen atoms in total. The highest BCUT2D eigenvalue weighted by atomic mass is 16.6. The van der Waals surface area contributed by atoms with Gasteiger partial charge >= 0.3 is 0 Å². The standard InChI is InChI=1S/C21H17N2O3/c24-21(19-4-2-1-3-5-19)12-15-22-13-10-18(11-14-22)16-17-6-8-20(9-7-17)23(25)26/h1-15H,16H2/q+1. The van der Waals surface area contributed by atoms with Crippen molar-refractivity contribution < 1.29 is 14.3 Å². The van der Waals surface area contributed by atoms with Gasteiger partial charge in [-0.3, -0.25) is 14.9 Å². The molecular weight excluding hydrogens is 328 g/mol. The van der Waals surface area contributed by atoms with E-state index in [4.69, 9.17) is 0 Å². The number of non-ortho nitro benzene ring substituents is 1. The number of allylic oxidation sites excluding steroid dienone is 1. The Morgan fingerprint density at radius 2 is 1.54 bits per heavy atom. The Bertz CT molecular complexity index is 931. The van der Waals surface area contributed by atoms with Gasteiger partial charge in [-0.15, -0.1) is 0 Å². The van der Waals surface area contributed by atoms with Gasteiger partial charge in [0.05, 0.1) is 11.0 Å². The Morgan fingerprint density at radius 3 is 2.15 bits per heavy atom. The summed E-state index contributed by atoms with van der Waals surface area (Å²) in [4.78, 5) is 22.3. The molecule has 128 valence electrons. The molecular formula is C21H17N2O3+. The van der Waals surface area contributed by atoms with Crippen LogP contribution >= 0.6 is 0 Å². The van der Waals surface area contributed by atoms with Gasteiger partial charge < -0.3 is 0 Å². The van der Waals surface area contributed by atoms with Gasteiger partial charge in [-0.1, -0.05) is 42.5 Å². The average Bonchev–Trinajstić information content (AvgIpc) is 2.68. The van der Waals surface area contributed by atoms with Crippen molar-refractivity contribution in [2.75, 3.05) is 0 Å². The van der Waals surface area contributed by atoms with Crippen LogP contribution in [-0.2, 0) is 6.42 Å². The molecule has 26 heavy (non-hydrogen) atoms. The summed E-state index contributed by atoms with van der Waals surface area (Å²) in [5.74, 6) is -0.0481. The molecule has 5 heteroatoms. The zero-order valence-corrected chi connectivity index (χ0v) is 14.0. The molecule has 0 unspecified atom stereocenters. The van der Waals surface area contributed by atoms with Crippen molar-refractivity contribution in [3.05, 3.63) is 112 Å². The van der Waals surface area contributed by atoms with Gasteiger partial charge in [0.1, 0.15) is 0 Å². The lowest BCUT2D eigenvalue weighted by molar-refractivity contribution is -0.568. The van der Waals surface area contributed by atoms with Crippen LogP contribution in [-0.4, -0.2) is 10.7 Å². The number of benzene rings is 2. The third-order valence-corrected chi connectivity index (χ3v) is 3.93. The number of hydrogen-bond donors (Lipinski definition) is 0. The molecule has 0 atom stereocenters. The van der Waals surface area contributed by atoms with Crippen LogP contribution in [0.4, 0.5) is 5.69 Å². The lowest BCUT2D eigenvalue weighted by Gasteiger charge is -2.00. The summed E-state index contributed by atoms with van der Waals surface area (Å²) in [6.45, 7) is 0. The molecule has 0 N–H and O–H groups in total. The van der Waals surface area contributed by atoms with Crippen LogP contribution in [0, 0.1) is 10.1 Å². The van der Waals surface area contributed by atoms with E-state index in [-0.39, 0.29) is 11.5 Å². The molecule has 3 rings (SSSR count). The van der Waals surface area contributed by atoms with E-state index in [0.29, 0.717) is 12.0 Å². The van der Waals surface area contributed by atoms with E-state index in [1.54, 1.807) is 35.0 Å². The third-order valence-electron chi connectivity index (χ3n) is 3.93. The number of nitrogens with zero attached hydrogens (tertiary/aromatic N) is 2. The molecule has 3 aromatic rings. The van der Waals surface area contributed by atoms with Gasteiger partial charge in [-0.25, -0.2) is 0 Å². The van der Waals surface area contributed by atoms with E-state index in [2.05, 4.69) is 0 Å². The van der Waals surface area contributed by atoms with Crippen LogP contribution in [0.5, 0.6) is 0 Å². The number of ketones is 1. The van der Waals surface area contributed by atoms with Gasteiger partial charge in [-0.05, 0) is 17.5 Å². The highest BCUT2D eigenvalue weighted by Crippen LogP contribution is 2.14. The maximum Gasteiger partial charge on any atom is 0.269 e. The van der Waals surface area contributed by atoms with E-state index in [0.717, 1.165) is 11.1 Å². The zero-order chi connectivity index (χ0) is 18.4. The number of hydrogen-bond acceptors (Lipinski definition) is 3. The predicted octanol–water partition coefficient (Wildman–Crippen LogP) is 3.83. The maximum atomic E-state index is 12.1. The van der Waals surface area contributed by atoms with Crippen molar-refractivity contribution in [1.82, 2.24) is 0 Å². The Balaban J connectivity index is 1.64. The lowest BCUT2D eigenvalue weighted by Crippen LogP contribution is -2.24. The second kappa shape index (κ2) is 7.98. The molecule has 0 aliphatic heterocycles. The van der Waals surface area contributed by atoms with Crippen molar-refractivity contribution in [3.63, 3.8) is 0 Å². The van der Waals surface area contributed by atoms with E-state index in [1.165, 1.54) is 18.2 Å². The summed E-state index contributed by atoms with van der Waals surface area (Å²) >= 11 is 0. The molecule has 2 aromatic carbocycles. The molecule has 1 heterocycles. The molecule has 1 aromatic heterocycles. The molecule has 0 fully saturated rings. The SMILES string of the molecule is O=C(C=C[n+]1ccc(Cc2ccc([N+](=O)[O-])cc2)cc1)c1ccccc1. The Kier molecular flexibility index (Phi) is 5.29. The number of carbonyl (C=O) groups is 1. The van der Waals surface area contributed by atoms with Crippen molar-refractivity contribution >= 4 is 17.7 Å². The van der Waals surface area contributed by atoms with Gasteiger partial charge in [0.15, 0.2) is 24.4 Å². The summed E-state index contributed by atoms with van der Waals surface area (Å²) in [5.41, 5.74) is 2.83. The Morgan fingerprint density at radius 1 is 0.923 bits per heavy atom. The molecule has 0 aliphatic carbocycles. The van der Waals surface area contributed by atoms with Crippen LogP contribution in [0.15, 0.2) is 85.2 Å². The number of nitro benzene ring substituents is 1. The van der Waals surface area contributed by atoms with Crippen molar-refractivity contribution in [2.45, 2.75) is 6.42 Å². The first-order valence-electron chi connectivity index (χ1n) is 8.12. The highest BCUT2D eigenvalue weighted by molar-refractivity contribution is 6.05. The van der Waals surface area contributed by atoms with Gasteiger partial charge in [0.25, 0.3) is 5.69 Å². The monoisotopic (exact) mass is 345 g/mol. The molecule has 0 saturated heterocycles. The summed E-state index contributed by atoms with van der Waals surface area (Å²) in [6, 6.07) is 19.6. The lowest BCUT2D eigenvalue weighted by atomic mass is 10.1. The first kappa shape index (κ1) is 17.2. The summed E-state index contributed by atoms with van der Waals surface area (Å²) in [7, 11) is 0. The first-order chi connectivity index (χ1) is 12.6. The van der Waals surface area contributed by atoms with Crippen LogP contribution in [0.25, 0.3) is 6.20 Å². The van der Waals surface area contributed by atoms with Crippen LogP contribution < -0.4 is 4.57 Å².